The summed E-state index contributed by atoms with van der Waals surface area (Å²) in [5.41, 5.74) is 1.83. The van der Waals surface area contributed by atoms with Gasteiger partial charge in [0, 0.05) is 25.4 Å². The average Bonchev–Trinajstić information content (AvgIpc) is 3.27. The summed E-state index contributed by atoms with van der Waals surface area (Å²) in [4.78, 5) is 19.6. The highest BCUT2D eigenvalue weighted by atomic mass is 19.4. The number of carbonyl (C=O) groups is 1. The topological polar surface area (TPSA) is 63.1 Å². The van der Waals surface area contributed by atoms with Gasteiger partial charge in [-0.2, -0.15) is 18.3 Å². The zero-order valence-corrected chi connectivity index (χ0v) is 17.9. The number of nitrogens with one attached hydrogen (secondary N) is 1. The van der Waals surface area contributed by atoms with E-state index in [0.29, 0.717) is 6.54 Å². The Hall–Kier alpha value is -3.36. The monoisotopic (exact) mass is 455 g/mol. The number of pyridine rings is 1. The standard InChI is InChI=1S/C24H24F3N5O/c25-24(26,27)21-13-19(16-7-2-1-3-8-16)30-22-18(15-29-32(21)22)23(33)31-12-5-4-10-20(31)17-9-6-11-28-14-17/h1-3,6-9,11,14-15,19-21,30H,4-5,10,12-13H2. The summed E-state index contributed by atoms with van der Waals surface area (Å²) >= 11 is 0. The van der Waals surface area contributed by atoms with E-state index in [1.165, 1.54) is 6.20 Å². The summed E-state index contributed by atoms with van der Waals surface area (Å²) in [6.45, 7) is 0.536. The summed E-state index contributed by atoms with van der Waals surface area (Å²) < 4.78 is 42.8. The molecule has 1 aromatic carbocycles. The molecule has 5 rings (SSSR count). The van der Waals surface area contributed by atoms with Gasteiger partial charge in [-0.3, -0.25) is 9.78 Å². The number of hydrogen-bond acceptors (Lipinski definition) is 4. The maximum atomic E-state index is 14.0. The van der Waals surface area contributed by atoms with Crippen molar-refractivity contribution < 1.29 is 18.0 Å². The van der Waals surface area contributed by atoms with Gasteiger partial charge in [-0.1, -0.05) is 36.4 Å². The van der Waals surface area contributed by atoms with Crippen LogP contribution in [0.3, 0.4) is 0 Å². The number of aromatic nitrogens is 3. The highest BCUT2D eigenvalue weighted by Gasteiger charge is 2.47. The zero-order chi connectivity index (χ0) is 23.0. The SMILES string of the molecule is O=C(c1cnn2c1NC(c1ccccc1)CC2C(F)(F)F)N1CCCCC1c1cccnc1. The molecule has 2 aliphatic heterocycles. The third kappa shape index (κ3) is 4.07. The number of alkyl halides is 3. The lowest BCUT2D eigenvalue weighted by Crippen LogP contribution is -2.40. The van der Waals surface area contributed by atoms with Crippen LogP contribution >= 0.6 is 0 Å². The first-order chi connectivity index (χ1) is 15.9. The predicted molar refractivity (Wildman–Crippen MR) is 117 cm³/mol. The van der Waals surface area contributed by atoms with E-state index in [-0.39, 0.29) is 29.8 Å². The Bertz CT molecular complexity index is 1120. The Labute approximate surface area is 189 Å². The molecule has 172 valence electrons. The summed E-state index contributed by atoms with van der Waals surface area (Å²) in [5.74, 6) is -0.190. The molecule has 6 nitrogen and oxygen atoms in total. The number of benzene rings is 1. The van der Waals surface area contributed by atoms with E-state index in [1.807, 2.05) is 18.2 Å². The highest BCUT2D eigenvalue weighted by Crippen LogP contribution is 2.45. The highest BCUT2D eigenvalue weighted by molar-refractivity contribution is 5.99. The van der Waals surface area contributed by atoms with Crippen molar-refractivity contribution in [3.05, 3.63) is 77.7 Å². The van der Waals surface area contributed by atoms with Crippen molar-refractivity contribution in [1.29, 1.82) is 0 Å². The molecular formula is C24H24F3N5O. The number of fused-ring (bicyclic) bond motifs is 1. The van der Waals surface area contributed by atoms with Gasteiger partial charge in [0.1, 0.15) is 11.4 Å². The Balaban J connectivity index is 1.51. The van der Waals surface area contributed by atoms with Crippen LogP contribution in [0.5, 0.6) is 0 Å². The summed E-state index contributed by atoms with van der Waals surface area (Å²) in [6, 6.07) is 10.2. The van der Waals surface area contributed by atoms with Crippen molar-refractivity contribution in [1.82, 2.24) is 19.7 Å². The van der Waals surface area contributed by atoms with Gasteiger partial charge in [0.15, 0.2) is 6.04 Å². The summed E-state index contributed by atoms with van der Waals surface area (Å²) in [7, 11) is 0. The average molecular weight is 455 g/mol. The first kappa shape index (κ1) is 21.5. The molecule has 1 fully saturated rings. The van der Waals surface area contributed by atoms with Crippen LogP contribution in [0.2, 0.25) is 0 Å². The van der Waals surface area contributed by atoms with Crippen LogP contribution < -0.4 is 5.32 Å². The second-order valence-corrected chi connectivity index (χ2v) is 8.55. The molecule has 0 aliphatic carbocycles. The fourth-order valence-electron chi connectivity index (χ4n) is 4.87. The van der Waals surface area contributed by atoms with Gasteiger partial charge in [0.05, 0.1) is 18.3 Å². The van der Waals surface area contributed by atoms with E-state index < -0.39 is 18.3 Å². The summed E-state index contributed by atoms with van der Waals surface area (Å²) in [6.07, 6.45) is 2.61. The maximum Gasteiger partial charge on any atom is 0.410 e. The van der Waals surface area contributed by atoms with Gasteiger partial charge in [0.25, 0.3) is 5.91 Å². The van der Waals surface area contributed by atoms with Crippen molar-refractivity contribution in [2.75, 3.05) is 11.9 Å². The smallest absolute Gasteiger partial charge is 0.363 e. The molecule has 1 amide bonds. The van der Waals surface area contributed by atoms with Crippen LogP contribution in [0, 0.1) is 0 Å². The van der Waals surface area contributed by atoms with Crippen LogP contribution in [0.1, 0.15) is 65.3 Å². The number of likely N-dealkylation sites (tertiary alicyclic amines) is 1. The second kappa shape index (κ2) is 8.53. The first-order valence-electron chi connectivity index (χ1n) is 11.1. The van der Waals surface area contributed by atoms with E-state index in [2.05, 4.69) is 15.4 Å². The number of carbonyl (C=O) groups excluding carboxylic acids is 1. The predicted octanol–water partition coefficient (Wildman–Crippen LogP) is 5.31. The van der Waals surface area contributed by atoms with E-state index >= 15 is 0 Å². The molecule has 4 heterocycles. The minimum atomic E-state index is -4.49. The molecule has 1 N–H and O–H groups in total. The molecule has 3 unspecified atom stereocenters. The minimum absolute atomic E-state index is 0.123. The first-order valence-corrected chi connectivity index (χ1v) is 11.1. The number of nitrogens with zero attached hydrogens (tertiary/aromatic N) is 4. The number of hydrogen-bond donors (Lipinski definition) is 1. The van der Waals surface area contributed by atoms with Crippen molar-refractivity contribution in [3.8, 4) is 0 Å². The van der Waals surface area contributed by atoms with Crippen LogP contribution in [-0.2, 0) is 0 Å². The molecule has 0 spiro atoms. The molecule has 2 aliphatic rings. The molecule has 1 saturated heterocycles. The number of piperidine rings is 1. The van der Waals surface area contributed by atoms with E-state index in [0.717, 1.165) is 35.1 Å². The Morgan fingerprint density at radius 3 is 2.55 bits per heavy atom. The van der Waals surface area contributed by atoms with Crippen LogP contribution in [0.15, 0.2) is 61.1 Å². The van der Waals surface area contributed by atoms with Crippen LogP contribution in [-0.4, -0.2) is 38.3 Å². The largest absolute Gasteiger partial charge is 0.410 e. The molecule has 3 atom stereocenters. The Kier molecular flexibility index (Phi) is 5.55. The minimum Gasteiger partial charge on any atom is -0.363 e. The van der Waals surface area contributed by atoms with Crippen LogP contribution in [0.25, 0.3) is 0 Å². The quantitative estimate of drug-likeness (QED) is 0.582. The lowest BCUT2D eigenvalue weighted by molar-refractivity contribution is -0.173. The fraction of sp³-hybridized carbons (Fsp3) is 0.375. The van der Waals surface area contributed by atoms with Gasteiger partial charge >= 0.3 is 6.18 Å². The lowest BCUT2D eigenvalue weighted by atomic mass is 9.95. The molecule has 0 radical (unpaired) electrons. The van der Waals surface area contributed by atoms with Gasteiger partial charge in [-0.15, -0.1) is 0 Å². The Morgan fingerprint density at radius 2 is 1.82 bits per heavy atom. The lowest BCUT2D eigenvalue weighted by Gasteiger charge is -2.37. The molecule has 2 aromatic heterocycles. The van der Waals surface area contributed by atoms with Gasteiger partial charge in [-0.25, -0.2) is 4.68 Å². The van der Waals surface area contributed by atoms with E-state index in [9.17, 15) is 18.0 Å². The molecule has 0 bridgehead atoms. The van der Waals surface area contributed by atoms with Crippen molar-refractivity contribution in [2.24, 2.45) is 0 Å². The molecule has 9 heteroatoms. The van der Waals surface area contributed by atoms with Crippen molar-refractivity contribution in [3.63, 3.8) is 0 Å². The van der Waals surface area contributed by atoms with Gasteiger partial charge in [-0.05, 0) is 36.5 Å². The normalized spacial score (nSPS) is 23.0. The van der Waals surface area contributed by atoms with Gasteiger partial charge < -0.3 is 10.2 Å². The second-order valence-electron chi connectivity index (χ2n) is 8.55. The third-order valence-corrected chi connectivity index (χ3v) is 6.50. The number of halogens is 3. The van der Waals surface area contributed by atoms with E-state index in [4.69, 9.17) is 0 Å². The number of rotatable bonds is 3. The van der Waals surface area contributed by atoms with Crippen molar-refractivity contribution >= 4 is 11.7 Å². The number of amides is 1. The maximum absolute atomic E-state index is 14.0. The van der Waals surface area contributed by atoms with Crippen LogP contribution in [0.4, 0.5) is 19.0 Å². The molecular weight excluding hydrogens is 431 g/mol. The summed E-state index contributed by atoms with van der Waals surface area (Å²) in [5, 5.41) is 7.20. The Morgan fingerprint density at radius 1 is 1.03 bits per heavy atom. The zero-order valence-electron chi connectivity index (χ0n) is 17.9. The van der Waals surface area contributed by atoms with E-state index in [1.54, 1.807) is 41.6 Å². The third-order valence-electron chi connectivity index (χ3n) is 6.50. The molecule has 0 saturated carbocycles. The number of anilines is 1. The fourth-order valence-corrected chi connectivity index (χ4v) is 4.87. The van der Waals surface area contributed by atoms with Crippen molar-refractivity contribution in [2.45, 2.75) is 50.0 Å². The molecule has 3 aromatic rings. The molecule has 33 heavy (non-hydrogen) atoms. The van der Waals surface area contributed by atoms with Gasteiger partial charge in [0.2, 0.25) is 0 Å².